The van der Waals surface area contributed by atoms with Crippen LogP contribution >= 0.6 is 11.6 Å². The van der Waals surface area contributed by atoms with E-state index >= 15 is 0 Å². The number of carbonyl (C=O) groups is 1. The van der Waals surface area contributed by atoms with Crippen molar-refractivity contribution in [2.45, 2.75) is 32.4 Å². The minimum Gasteiger partial charge on any atom is -0.351 e. The van der Waals surface area contributed by atoms with E-state index in [-0.39, 0.29) is 10.9 Å². The Morgan fingerprint density at radius 3 is 2.88 bits per heavy atom. The molecule has 3 nitrogen and oxygen atoms in total. The zero-order valence-corrected chi connectivity index (χ0v) is 10.4. The van der Waals surface area contributed by atoms with Crippen molar-refractivity contribution in [3.63, 3.8) is 0 Å². The van der Waals surface area contributed by atoms with Crippen LogP contribution in [0.15, 0.2) is 18.2 Å². The molecule has 1 unspecified atom stereocenters. The van der Waals surface area contributed by atoms with Gasteiger partial charge in [-0.2, -0.15) is 0 Å². The predicted molar refractivity (Wildman–Crippen MR) is 66.1 cm³/mol. The highest BCUT2D eigenvalue weighted by Crippen LogP contribution is 2.15. The molecule has 3 N–H and O–H groups in total. The largest absolute Gasteiger partial charge is 0.351 e. The number of halogens is 2. The maximum atomic E-state index is 12.9. The molecule has 1 aromatic rings. The van der Waals surface area contributed by atoms with Gasteiger partial charge in [-0.25, -0.2) is 4.39 Å². The Bertz CT molecular complexity index is 398. The highest BCUT2D eigenvalue weighted by atomic mass is 35.5. The summed E-state index contributed by atoms with van der Waals surface area (Å²) in [6.07, 6.45) is 1.51. The summed E-state index contributed by atoms with van der Waals surface area (Å²) in [4.78, 5) is 11.5. The third-order valence-electron chi connectivity index (χ3n) is 2.39. The van der Waals surface area contributed by atoms with Gasteiger partial charge in [0.05, 0.1) is 11.1 Å². The molecular weight excluding hydrogens is 243 g/mol. The minimum atomic E-state index is -0.490. The maximum absolute atomic E-state index is 12.9. The number of rotatable bonds is 5. The van der Waals surface area contributed by atoms with Crippen LogP contribution < -0.4 is 11.1 Å². The van der Waals surface area contributed by atoms with Crippen LogP contribution in [-0.2, 0) is 11.3 Å². The first-order valence-corrected chi connectivity index (χ1v) is 5.89. The lowest BCUT2D eigenvalue weighted by molar-refractivity contribution is -0.122. The molecule has 0 fully saturated rings. The number of carbonyl (C=O) groups excluding carboxylic acids is 1. The van der Waals surface area contributed by atoms with E-state index < -0.39 is 11.9 Å². The molecule has 0 spiro atoms. The molecule has 0 heterocycles. The lowest BCUT2D eigenvalue weighted by Gasteiger charge is -2.11. The Balaban J connectivity index is 2.50. The molecule has 0 radical (unpaired) electrons. The third kappa shape index (κ3) is 4.32. The van der Waals surface area contributed by atoms with E-state index in [0.717, 1.165) is 12.0 Å². The van der Waals surface area contributed by atoms with E-state index in [0.29, 0.717) is 13.0 Å². The van der Waals surface area contributed by atoms with Crippen molar-refractivity contribution in [1.82, 2.24) is 5.32 Å². The number of benzene rings is 1. The summed E-state index contributed by atoms with van der Waals surface area (Å²) in [5.74, 6) is -0.670. The molecular formula is C12H16ClFN2O. The second kappa shape index (κ2) is 6.57. The molecule has 1 amide bonds. The van der Waals surface area contributed by atoms with Crippen LogP contribution in [0.5, 0.6) is 0 Å². The lowest BCUT2D eigenvalue weighted by atomic mass is 10.1. The summed E-state index contributed by atoms with van der Waals surface area (Å²) < 4.78 is 12.9. The summed E-state index contributed by atoms with van der Waals surface area (Å²) in [7, 11) is 0. The Labute approximate surface area is 105 Å². The van der Waals surface area contributed by atoms with Gasteiger partial charge in [0, 0.05) is 6.54 Å². The summed E-state index contributed by atoms with van der Waals surface area (Å²) in [6, 6.07) is 3.85. The van der Waals surface area contributed by atoms with Crippen LogP contribution in [0, 0.1) is 5.82 Å². The average Bonchev–Trinajstić information content (AvgIpc) is 2.30. The topological polar surface area (TPSA) is 55.1 Å². The van der Waals surface area contributed by atoms with E-state index in [1.165, 1.54) is 12.1 Å². The third-order valence-corrected chi connectivity index (χ3v) is 2.68. The fraction of sp³-hybridized carbons (Fsp3) is 0.417. The van der Waals surface area contributed by atoms with Gasteiger partial charge in [-0.3, -0.25) is 4.79 Å². The lowest BCUT2D eigenvalue weighted by Crippen LogP contribution is -2.40. The van der Waals surface area contributed by atoms with Gasteiger partial charge in [-0.15, -0.1) is 0 Å². The quantitative estimate of drug-likeness (QED) is 0.851. The van der Waals surface area contributed by atoms with Crippen molar-refractivity contribution in [2.75, 3.05) is 0 Å². The zero-order valence-electron chi connectivity index (χ0n) is 9.67. The van der Waals surface area contributed by atoms with Crippen molar-refractivity contribution in [2.24, 2.45) is 5.73 Å². The number of nitrogens with one attached hydrogen (secondary N) is 1. The van der Waals surface area contributed by atoms with Crippen LogP contribution in [-0.4, -0.2) is 11.9 Å². The Morgan fingerprint density at radius 1 is 1.59 bits per heavy atom. The van der Waals surface area contributed by atoms with E-state index in [1.807, 2.05) is 6.92 Å². The van der Waals surface area contributed by atoms with Crippen molar-refractivity contribution in [1.29, 1.82) is 0 Å². The van der Waals surface area contributed by atoms with E-state index in [1.54, 1.807) is 6.07 Å². The normalized spacial score (nSPS) is 12.2. The van der Waals surface area contributed by atoms with Crippen molar-refractivity contribution < 1.29 is 9.18 Å². The SMILES string of the molecule is CCCC(N)C(=O)NCc1ccc(F)c(Cl)c1. The molecule has 17 heavy (non-hydrogen) atoms. The number of hydrogen-bond donors (Lipinski definition) is 2. The van der Waals surface area contributed by atoms with Crippen LogP contribution in [0.4, 0.5) is 4.39 Å². The fourth-order valence-electron chi connectivity index (χ4n) is 1.41. The van der Waals surface area contributed by atoms with Crippen molar-refractivity contribution in [3.8, 4) is 0 Å². The molecule has 94 valence electrons. The Morgan fingerprint density at radius 2 is 2.29 bits per heavy atom. The maximum Gasteiger partial charge on any atom is 0.237 e. The van der Waals surface area contributed by atoms with Gasteiger partial charge >= 0.3 is 0 Å². The second-order valence-corrected chi connectivity index (χ2v) is 4.27. The highest BCUT2D eigenvalue weighted by Gasteiger charge is 2.11. The molecule has 0 aliphatic rings. The molecule has 0 aromatic heterocycles. The summed E-state index contributed by atoms with van der Waals surface area (Å²) in [5.41, 5.74) is 6.39. The van der Waals surface area contributed by atoms with Crippen LogP contribution in [0.3, 0.4) is 0 Å². The molecule has 0 saturated heterocycles. The van der Waals surface area contributed by atoms with Gasteiger partial charge in [0.25, 0.3) is 0 Å². The van der Waals surface area contributed by atoms with Crippen molar-refractivity contribution >= 4 is 17.5 Å². The Hall–Kier alpha value is -1.13. The molecule has 5 heteroatoms. The second-order valence-electron chi connectivity index (χ2n) is 3.86. The van der Waals surface area contributed by atoms with Crippen molar-refractivity contribution in [3.05, 3.63) is 34.6 Å². The van der Waals surface area contributed by atoms with Crippen LogP contribution in [0.1, 0.15) is 25.3 Å². The molecule has 0 aliphatic carbocycles. The molecule has 1 rings (SSSR count). The van der Waals surface area contributed by atoms with Gasteiger partial charge in [0.15, 0.2) is 0 Å². The number of hydrogen-bond acceptors (Lipinski definition) is 2. The number of nitrogens with two attached hydrogens (primary N) is 1. The van der Waals surface area contributed by atoms with Gasteiger partial charge in [0.1, 0.15) is 5.82 Å². The first-order valence-electron chi connectivity index (χ1n) is 5.51. The van der Waals surface area contributed by atoms with Crippen LogP contribution in [0.25, 0.3) is 0 Å². The van der Waals surface area contributed by atoms with E-state index in [2.05, 4.69) is 5.32 Å². The monoisotopic (exact) mass is 258 g/mol. The standard InChI is InChI=1S/C12H16ClFN2O/c1-2-3-11(15)12(17)16-7-8-4-5-10(14)9(13)6-8/h4-6,11H,2-3,7,15H2,1H3,(H,16,17). The molecule has 0 saturated carbocycles. The number of amides is 1. The summed E-state index contributed by atoms with van der Waals surface area (Å²) in [6.45, 7) is 2.27. The van der Waals surface area contributed by atoms with Crippen LogP contribution in [0.2, 0.25) is 5.02 Å². The smallest absolute Gasteiger partial charge is 0.237 e. The zero-order chi connectivity index (χ0) is 12.8. The average molecular weight is 259 g/mol. The first-order chi connectivity index (χ1) is 8.04. The van der Waals surface area contributed by atoms with Gasteiger partial charge < -0.3 is 11.1 Å². The highest BCUT2D eigenvalue weighted by molar-refractivity contribution is 6.30. The molecule has 1 atom stereocenters. The predicted octanol–water partition coefficient (Wildman–Crippen LogP) is 2.22. The summed E-state index contributed by atoms with van der Waals surface area (Å²) >= 11 is 5.63. The molecule has 0 bridgehead atoms. The molecule has 1 aromatic carbocycles. The fourth-order valence-corrected chi connectivity index (χ4v) is 1.62. The Kier molecular flexibility index (Phi) is 5.38. The van der Waals surface area contributed by atoms with Gasteiger partial charge in [-0.05, 0) is 24.1 Å². The minimum absolute atomic E-state index is 0.0506. The molecule has 0 aliphatic heterocycles. The van der Waals surface area contributed by atoms with E-state index in [9.17, 15) is 9.18 Å². The van der Waals surface area contributed by atoms with Gasteiger partial charge in [0.2, 0.25) is 5.91 Å². The van der Waals surface area contributed by atoms with E-state index in [4.69, 9.17) is 17.3 Å². The summed E-state index contributed by atoms with van der Waals surface area (Å²) in [5, 5.41) is 2.74. The first kappa shape index (κ1) is 13.9. The van der Waals surface area contributed by atoms with Gasteiger partial charge in [-0.1, -0.05) is 31.0 Å².